The molecule has 4 nitrogen and oxygen atoms in total. The minimum Gasteiger partial charge on any atom is -0.381 e. The molecule has 1 aromatic rings. The lowest BCUT2D eigenvalue weighted by molar-refractivity contribution is 0.110. The molecule has 1 aromatic heterocycles. The van der Waals surface area contributed by atoms with Crippen molar-refractivity contribution in [3.05, 3.63) is 16.5 Å². The van der Waals surface area contributed by atoms with Crippen LogP contribution in [0.2, 0.25) is 0 Å². The van der Waals surface area contributed by atoms with Gasteiger partial charge >= 0.3 is 0 Å². The van der Waals surface area contributed by atoms with Crippen molar-refractivity contribution in [1.82, 2.24) is 9.97 Å². The molecule has 1 aliphatic rings. The van der Waals surface area contributed by atoms with Crippen molar-refractivity contribution in [2.45, 2.75) is 39.0 Å². The van der Waals surface area contributed by atoms with E-state index in [4.69, 9.17) is 4.74 Å². The van der Waals surface area contributed by atoms with E-state index in [0.717, 1.165) is 42.4 Å². The first-order valence-electron chi connectivity index (χ1n) is 7.01. The Kier molecular flexibility index (Phi) is 5.58. The Balaban J connectivity index is 1.70. The summed E-state index contributed by atoms with van der Waals surface area (Å²) in [6.07, 6.45) is 3.44. The second kappa shape index (κ2) is 7.20. The highest BCUT2D eigenvalue weighted by molar-refractivity contribution is 9.10. The third-order valence-corrected chi connectivity index (χ3v) is 3.28. The van der Waals surface area contributed by atoms with Crippen LogP contribution in [0.3, 0.4) is 0 Å². The molecule has 1 aliphatic carbocycles. The van der Waals surface area contributed by atoms with Gasteiger partial charge in [-0.05, 0) is 41.1 Å². The first-order chi connectivity index (χ1) is 9.15. The van der Waals surface area contributed by atoms with E-state index in [2.05, 4.69) is 45.1 Å². The lowest BCUT2D eigenvalue weighted by Gasteiger charge is -2.09. The molecule has 2 rings (SSSR count). The van der Waals surface area contributed by atoms with Crippen molar-refractivity contribution < 1.29 is 4.74 Å². The zero-order chi connectivity index (χ0) is 13.7. The topological polar surface area (TPSA) is 47.0 Å². The van der Waals surface area contributed by atoms with Crippen LogP contribution in [0.15, 0.2) is 10.7 Å². The fraction of sp³-hybridized carbons (Fsp3) is 0.714. The highest BCUT2D eigenvalue weighted by Gasteiger charge is 2.27. The summed E-state index contributed by atoms with van der Waals surface area (Å²) in [7, 11) is 0. The van der Waals surface area contributed by atoms with E-state index < -0.39 is 0 Å². The van der Waals surface area contributed by atoms with E-state index >= 15 is 0 Å². The fourth-order valence-corrected chi connectivity index (χ4v) is 2.16. The standard InChI is InChI=1S/C14H22BrN3O/c1-10(2)9-19-7-3-6-16-13-8-12(15)17-14(18-13)11-4-5-11/h8,10-11H,3-7,9H2,1-2H3,(H,16,17,18). The highest BCUT2D eigenvalue weighted by Crippen LogP contribution is 2.38. The van der Waals surface area contributed by atoms with Gasteiger partial charge < -0.3 is 10.1 Å². The van der Waals surface area contributed by atoms with Crippen LogP contribution < -0.4 is 5.32 Å². The average molecular weight is 328 g/mol. The average Bonchev–Trinajstić information content (AvgIpc) is 3.16. The van der Waals surface area contributed by atoms with E-state index in [0.29, 0.717) is 11.8 Å². The Labute approximate surface area is 123 Å². The molecule has 0 bridgehead atoms. The molecule has 1 saturated carbocycles. The maximum Gasteiger partial charge on any atom is 0.135 e. The summed E-state index contributed by atoms with van der Waals surface area (Å²) >= 11 is 3.44. The molecule has 0 aromatic carbocycles. The summed E-state index contributed by atoms with van der Waals surface area (Å²) in [6.45, 7) is 6.84. The van der Waals surface area contributed by atoms with Gasteiger partial charge in [-0.1, -0.05) is 13.8 Å². The van der Waals surface area contributed by atoms with E-state index in [1.165, 1.54) is 12.8 Å². The predicted octanol–water partition coefficient (Wildman–Crippen LogP) is 3.59. The summed E-state index contributed by atoms with van der Waals surface area (Å²) < 4.78 is 6.41. The Morgan fingerprint density at radius 2 is 2.21 bits per heavy atom. The SMILES string of the molecule is CC(C)COCCCNc1cc(Br)nc(C2CC2)n1. The summed E-state index contributed by atoms with van der Waals surface area (Å²) in [5, 5.41) is 3.34. The molecule has 0 radical (unpaired) electrons. The van der Waals surface area contributed by atoms with Crippen LogP contribution in [-0.2, 0) is 4.74 Å². The number of hydrogen-bond acceptors (Lipinski definition) is 4. The van der Waals surface area contributed by atoms with Gasteiger partial charge in [0, 0.05) is 31.7 Å². The number of nitrogens with one attached hydrogen (secondary N) is 1. The maximum atomic E-state index is 5.55. The van der Waals surface area contributed by atoms with E-state index in [1.807, 2.05) is 6.07 Å². The molecule has 0 aliphatic heterocycles. The number of aromatic nitrogens is 2. The monoisotopic (exact) mass is 327 g/mol. The van der Waals surface area contributed by atoms with Gasteiger partial charge in [-0.3, -0.25) is 0 Å². The number of anilines is 1. The fourth-order valence-electron chi connectivity index (χ4n) is 1.76. The van der Waals surface area contributed by atoms with Crippen LogP contribution in [0.25, 0.3) is 0 Å². The number of nitrogens with zero attached hydrogens (tertiary/aromatic N) is 2. The minimum atomic E-state index is 0.576. The van der Waals surface area contributed by atoms with Crippen molar-refractivity contribution in [2.24, 2.45) is 5.92 Å². The Bertz CT molecular complexity index is 408. The predicted molar refractivity (Wildman–Crippen MR) is 80.5 cm³/mol. The van der Waals surface area contributed by atoms with Crippen LogP contribution in [0.5, 0.6) is 0 Å². The zero-order valence-corrected chi connectivity index (χ0v) is 13.2. The van der Waals surface area contributed by atoms with E-state index in [9.17, 15) is 0 Å². The normalized spacial score (nSPS) is 14.9. The first kappa shape index (κ1) is 14.7. The van der Waals surface area contributed by atoms with Crippen molar-refractivity contribution in [2.75, 3.05) is 25.1 Å². The molecule has 0 unspecified atom stereocenters. The first-order valence-corrected chi connectivity index (χ1v) is 7.80. The molecular formula is C14H22BrN3O. The largest absolute Gasteiger partial charge is 0.381 e. The smallest absolute Gasteiger partial charge is 0.135 e. The van der Waals surface area contributed by atoms with Gasteiger partial charge in [0.25, 0.3) is 0 Å². The quantitative estimate of drug-likeness (QED) is 0.585. The highest BCUT2D eigenvalue weighted by atomic mass is 79.9. The summed E-state index contributed by atoms with van der Waals surface area (Å²) in [5.74, 6) is 3.06. The molecular weight excluding hydrogens is 306 g/mol. The summed E-state index contributed by atoms with van der Waals surface area (Å²) in [5.41, 5.74) is 0. The second-order valence-corrected chi connectivity index (χ2v) is 6.27. The summed E-state index contributed by atoms with van der Waals surface area (Å²) in [6, 6.07) is 1.93. The van der Waals surface area contributed by atoms with E-state index in [1.54, 1.807) is 0 Å². The molecule has 19 heavy (non-hydrogen) atoms. The van der Waals surface area contributed by atoms with E-state index in [-0.39, 0.29) is 0 Å². The van der Waals surface area contributed by atoms with Crippen molar-refractivity contribution in [1.29, 1.82) is 0 Å². The molecule has 0 atom stereocenters. The van der Waals surface area contributed by atoms with Gasteiger partial charge in [0.15, 0.2) is 0 Å². The van der Waals surface area contributed by atoms with Gasteiger partial charge in [0.2, 0.25) is 0 Å². The van der Waals surface area contributed by atoms with Gasteiger partial charge in [0.1, 0.15) is 16.2 Å². The maximum absolute atomic E-state index is 5.55. The van der Waals surface area contributed by atoms with Gasteiger partial charge in [-0.15, -0.1) is 0 Å². The molecule has 0 spiro atoms. The van der Waals surface area contributed by atoms with Crippen molar-refractivity contribution in [3.8, 4) is 0 Å². The molecule has 0 saturated heterocycles. The molecule has 0 amide bonds. The lowest BCUT2D eigenvalue weighted by atomic mass is 10.2. The minimum absolute atomic E-state index is 0.576. The molecule has 106 valence electrons. The molecule has 1 fully saturated rings. The van der Waals surface area contributed by atoms with Crippen LogP contribution >= 0.6 is 15.9 Å². The van der Waals surface area contributed by atoms with Crippen LogP contribution in [0, 0.1) is 5.92 Å². The Hall–Kier alpha value is -0.680. The third kappa shape index (κ3) is 5.45. The van der Waals surface area contributed by atoms with Gasteiger partial charge in [-0.2, -0.15) is 0 Å². The van der Waals surface area contributed by atoms with Crippen LogP contribution in [0.4, 0.5) is 5.82 Å². The van der Waals surface area contributed by atoms with Crippen molar-refractivity contribution >= 4 is 21.7 Å². The lowest BCUT2D eigenvalue weighted by Crippen LogP contribution is -2.10. The Morgan fingerprint density at radius 1 is 1.42 bits per heavy atom. The van der Waals surface area contributed by atoms with Gasteiger partial charge in [-0.25, -0.2) is 9.97 Å². The number of hydrogen-bond donors (Lipinski definition) is 1. The zero-order valence-electron chi connectivity index (χ0n) is 11.7. The van der Waals surface area contributed by atoms with Gasteiger partial charge in [0.05, 0.1) is 0 Å². The summed E-state index contributed by atoms with van der Waals surface area (Å²) in [4.78, 5) is 8.96. The van der Waals surface area contributed by atoms with Crippen LogP contribution in [0.1, 0.15) is 44.9 Å². The third-order valence-electron chi connectivity index (χ3n) is 2.88. The number of halogens is 1. The molecule has 5 heteroatoms. The van der Waals surface area contributed by atoms with Crippen LogP contribution in [-0.4, -0.2) is 29.7 Å². The number of rotatable bonds is 8. The Morgan fingerprint density at radius 3 is 2.89 bits per heavy atom. The molecule has 1 N–H and O–H groups in total. The number of ether oxygens (including phenoxy) is 1. The second-order valence-electron chi connectivity index (χ2n) is 5.46. The van der Waals surface area contributed by atoms with Crippen molar-refractivity contribution in [3.63, 3.8) is 0 Å². The molecule has 1 heterocycles.